The summed E-state index contributed by atoms with van der Waals surface area (Å²) in [7, 11) is -1.38. The van der Waals surface area contributed by atoms with Crippen molar-refractivity contribution >= 4 is 19.7 Å². The molecule has 0 saturated heterocycles. The fraction of sp³-hybridized carbons (Fsp3) is 0.667. The van der Waals surface area contributed by atoms with Crippen LogP contribution in [0.3, 0.4) is 0 Å². The second-order valence-corrected chi connectivity index (χ2v) is 8.12. The van der Waals surface area contributed by atoms with E-state index >= 15 is 0 Å². The summed E-state index contributed by atoms with van der Waals surface area (Å²) in [5.41, 5.74) is 2.07. The van der Waals surface area contributed by atoms with Gasteiger partial charge in [-0.2, -0.15) is 0 Å². The second-order valence-electron chi connectivity index (χ2n) is 2.96. The molecule has 0 N–H and O–H groups in total. The summed E-state index contributed by atoms with van der Waals surface area (Å²) >= 11 is 5.34. The second kappa shape index (κ2) is 3.74. The van der Waals surface area contributed by atoms with Gasteiger partial charge in [-0.25, -0.2) is 0 Å². The molecule has 0 fully saturated rings. The lowest BCUT2D eigenvalue weighted by Crippen LogP contribution is -2.16. The van der Waals surface area contributed by atoms with Gasteiger partial charge in [-0.05, 0) is 5.18 Å². The molecule has 56 valence electrons. The zero-order chi connectivity index (χ0) is 8.20. The van der Waals surface area contributed by atoms with E-state index in [-0.39, 0.29) is 0 Å². The monoisotopic (exact) mass is 175 g/mol. The van der Waals surface area contributed by atoms with Crippen LogP contribution in [0.1, 0.15) is 0 Å². The number of nitrogens with zero attached hydrogens (tertiary/aromatic N) is 1. The Bertz CT molecular complexity index is 176. The largest absolute Gasteiger partial charge is 0.224 e. The van der Waals surface area contributed by atoms with Gasteiger partial charge in [0, 0.05) is 0 Å². The SMILES string of the molecule is C[Si](C)(C)C#CC(Cl)N=O. The minimum atomic E-state index is -1.38. The summed E-state index contributed by atoms with van der Waals surface area (Å²) < 4.78 is 0. The molecule has 1 atom stereocenters. The summed E-state index contributed by atoms with van der Waals surface area (Å²) in [4.78, 5) is 9.75. The van der Waals surface area contributed by atoms with Crippen LogP contribution in [0.2, 0.25) is 19.6 Å². The average Bonchev–Trinajstić information content (AvgIpc) is 1.81. The topological polar surface area (TPSA) is 29.4 Å². The lowest BCUT2D eigenvalue weighted by atomic mass is 10.7. The van der Waals surface area contributed by atoms with E-state index in [4.69, 9.17) is 11.6 Å². The van der Waals surface area contributed by atoms with Gasteiger partial charge in [-0.1, -0.05) is 37.2 Å². The van der Waals surface area contributed by atoms with Crippen LogP contribution in [0.4, 0.5) is 0 Å². The number of nitroso groups, excluding NO2 is 1. The van der Waals surface area contributed by atoms with Crippen LogP contribution in [-0.4, -0.2) is 13.6 Å². The first-order chi connectivity index (χ1) is 4.45. The Hall–Kier alpha value is -0.333. The number of alkyl halides is 1. The molecule has 0 spiro atoms. The van der Waals surface area contributed by atoms with Crippen LogP contribution >= 0.6 is 11.6 Å². The highest BCUT2D eigenvalue weighted by Crippen LogP contribution is 1.99. The number of halogens is 1. The van der Waals surface area contributed by atoms with Crippen molar-refractivity contribution in [1.29, 1.82) is 0 Å². The number of hydrogen-bond acceptors (Lipinski definition) is 2. The lowest BCUT2D eigenvalue weighted by Gasteiger charge is -2.02. The van der Waals surface area contributed by atoms with Gasteiger partial charge in [0.05, 0.1) is 0 Å². The van der Waals surface area contributed by atoms with Gasteiger partial charge >= 0.3 is 0 Å². The molecule has 0 aromatic rings. The minimum Gasteiger partial charge on any atom is -0.148 e. The van der Waals surface area contributed by atoms with Crippen LogP contribution in [0.5, 0.6) is 0 Å². The summed E-state index contributed by atoms with van der Waals surface area (Å²) in [6.07, 6.45) is 0. The molecule has 0 aliphatic heterocycles. The van der Waals surface area contributed by atoms with Crippen LogP contribution in [0.15, 0.2) is 5.18 Å². The Morgan fingerprint density at radius 2 is 2.00 bits per heavy atom. The van der Waals surface area contributed by atoms with Crippen LogP contribution < -0.4 is 0 Å². The average molecular weight is 176 g/mol. The minimum absolute atomic E-state index is 0.869. The van der Waals surface area contributed by atoms with Gasteiger partial charge in [-0.3, -0.25) is 0 Å². The standard InChI is InChI=1S/C6H10ClNOSi/c1-10(2,3)5-4-6(7)8-9/h6H,1-3H3. The van der Waals surface area contributed by atoms with Gasteiger partial charge in [0.15, 0.2) is 0 Å². The van der Waals surface area contributed by atoms with Crippen molar-refractivity contribution in [2.45, 2.75) is 25.1 Å². The molecule has 0 amide bonds. The fourth-order valence-corrected chi connectivity index (χ4v) is 1.02. The highest BCUT2D eigenvalue weighted by Gasteiger charge is 2.08. The van der Waals surface area contributed by atoms with Crippen LogP contribution in [0.25, 0.3) is 0 Å². The van der Waals surface area contributed by atoms with E-state index < -0.39 is 13.6 Å². The van der Waals surface area contributed by atoms with Crippen molar-refractivity contribution in [1.82, 2.24) is 0 Å². The van der Waals surface area contributed by atoms with E-state index in [0.29, 0.717) is 0 Å². The fourth-order valence-electron chi connectivity index (χ4n) is 0.302. The van der Waals surface area contributed by atoms with Gasteiger partial charge in [-0.15, -0.1) is 10.5 Å². The Kier molecular flexibility index (Phi) is 3.62. The highest BCUT2D eigenvalue weighted by molar-refractivity contribution is 6.83. The first-order valence-electron chi connectivity index (χ1n) is 2.95. The van der Waals surface area contributed by atoms with Gasteiger partial charge in [0.1, 0.15) is 8.07 Å². The van der Waals surface area contributed by atoms with Crippen molar-refractivity contribution in [3.05, 3.63) is 4.91 Å². The predicted octanol–water partition coefficient (Wildman–Crippen LogP) is 2.20. The van der Waals surface area contributed by atoms with E-state index in [1.165, 1.54) is 0 Å². The Balaban J connectivity index is 4.03. The van der Waals surface area contributed by atoms with E-state index in [2.05, 4.69) is 36.3 Å². The first-order valence-corrected chi connectivity index (χ1v) is 6.88. The molecule has 0 rings (SSSR count). The van der Waals surface area contributed by atoms with Crippen molar-refractivity contribution in [2.75, 3.05) is 0 Å². The van der Waals surface area contributed by atoms with Gasteiger partial charge in [0.25, 0.3) is 0 Å². The van der Waals surface area contributed by atoms with Crippen LogP contribution in [0, 0.1) is 16.4 Å². The molecule has 0 aromatic heterocycles. The van der Waals surface area contributed by atoms with Gasteiger partial charge < -0.3 is 0 Å². The zero-order valence-corrected chi connectivity index (χ0v) is 8.07. The Morgan fingerprint density at radius 3 is 2.30 bits per heavy atom. The van der Waals surface area contributed by atoms with Crippen LogP contribution in [-0.2, 0) is 0 Å². The maximum Gasteiger partial charge on any atom is 0.224 e. The molecule has 0 bridgehead atoms. The number of hydrogen-bond donors (Lipinski definition) is 0. The molecule has 0 heterocycles. The molecular formula is C6H10ClNOSi. The summed E-state index contributed by atoms with van der Waals surface area (Å²) in [5, 5.41) is 2.56. The normalized spacial score (nSPS) is 13.2. The third kappa shape index (κ3) is 5.80. The molecule has 1 unspecified atom stereocenters. The predicted molar refractivity (Wildman–Crippen MR) is 46.6 cm³/mol. The van der Waals surface area contributed by atoms with Crippen molar-refractivity contribution in [3.63, 3.8) is 0 Å². The van der Waals surface area contributed by atoms with Crippen molar-refractivity contribution in [3.8, 4) is 11.5 Å². The molecule has 2 nitrogen and oxygen atoms in total. The van der Waals surface area contributed by atoms with Crippen molar-refractivity contribution in [2.24, 2.45) is 5.18 Å². The molecule has 0 aromatic carbocycles. The lowest BCUT2D eigenvalue weighted by molar-refractivity contribution is 1.17. The Labute approximate surface area is 66.9 Å². The zero-order valence-electron chi connectivity index (χ0n) is 6.31. The highest BCUT2D eigenvalue weighted by atomic mass is 35.5. The van der Waals surface area contributed by atoms with E-state index in [1.807, 2.05) is 0 Å². The molecule has 0 aliphatic carbocycles. The quantitative estimate of drug-likeness (QED) is 0.198. The smallest absolute Gasteiger partial charge is 0.148 e. The summed E-state index contributed by atoms with van der Waals surface area (Å²) in [6.45, 7) is 6.23. The maximum absolute atomic E-state index is 9.75. The maximum atomic E-state index is 9.75. The van der Waals surface area contributed by atoms with Crippen molar-refractivity contribution < 1.29 is 0 Å². The van der Waals surface area contributed by atoms with Gasteiger partial charge in [0.2, 0.25) is 5.50 Å². The molecule has 0 radical (unpaired) electrons. The van der Waals surface area contributed by atoms with E-state index in [0.717, 1.165) is 0 Å². The molecular weight excluding hydrogens is 166 g/mol. The van der Waals surface area contributed by atoms with E-state index in [9.17, 15) is 4.91 Å². The summed E-state index contributed by atoms with van der Waals surface area (Å²) in [6, 6.07) is 0. The molecule has 0 aliphatic rings. The first kappa shape index (κ1) is 9.67. The summed E-state index contributed by atoms with van der Waals surface area (Å²) in [5.74, 6) is 2.57. The third-order valence-corrected chi connectivity index (χ3v) is 1.74. The Morgan fingerprint density at radius 1 is 1.50 bits per heavy atom. The molecule has 10 heavy (non-hydrogen) atoms. The molecule has 4 heteroatoms. The van der Waals surface area contributed by atoms with E-state index in [1.54, 1.807) is 0 Å². The third-order valence-electron chi connectivity index (χ3n) is 0.659. The number of rotatable bonds is 1. The molecule has 0 saturated carbocycles.